The maximum atomic E-state index is 13.1. The van der Waals surface area contributed by atoms with Crippen molar-refractivity contribution in [1.29, 1.82) is 0 Å². The maximum Gasteiger partial charge on any atom is 0.238 e. The van der Waals surface area contributed by atoms with E-state index in [1.165, 1.54) is 24.3 Å². The lowest BCUT2D eigenvalue weighted by molar-refractivity contribution is 0.272. The number of nitrogens with two attached hydrogens (primary N) is 1. The van der Waals surface area contributed by atoms with E-state index in [2.05, 4.69) is 9.97 Å². The zero-order valence-corrected chi connectivity index (χ0v) is 13.2. The second-order valence-electron chi connectivity index (χ2n) is 5.14. The van der Waals surface area contributed by atoms with Gasteiger partial charge in [0.1, 0.15) is 18.2 Å². The molecule has 4 N–H and O–H groups in total. The Morgan fingerprint density at radius 3 is 2.17 bits per heavy atom. The molecule has 6 nitrogen and oxygen atoms in total. The fourth-order valence-corrected chi connectivity index (χ4v) is 2.85. The Bertz CT molecular complexity index is 965. The van der Waals surface area contributed by atoms with E-state index < -0.39 is 10.0 Å². The molecule has 0 aliphatic carbocycles. The normalized spacial score (nSPS) is 11.6. The number of sulfonamides is 1. The minimum absolute atomic E-state index is 0.00694. The zero-order valence-electron chi connectivity index (χ0n) is 12.4. The van der Waals surface area contributed by atoms with Crippen LogP contribution in [0.5, 0.6) is 0 Å². The number of aliphatic hydroxyl groups excluding tert-OH is 1. The third kappa shape index (κ3) is 3.21. The van der Waals surface area contributed by atoms with Gasteiger partial charge in [0, 0.05) is 11.1 Å². The number of hydrogen-bond donors (Lipinski definition) is 3. The predicted octanol–water partition coefficient (Wildman–Crippen LogP) is 2.02. The van der Waals surface area contributed by atoms with Gasteiger partial charge in [-0.25, -0.2) is 22.9 Å². The van der Waals surface area contributed by atoms with Crippen molar-refractivity contribution in [3.63, 3.8) is 0 Å². The molecular formula is C16H14FN3O3S. The molecule has 0 atom stereocenters. The van der Waals surface area contributed by atoms with Gasteiger partial charge >= 0.3 is 0 Å². The number of halogens is 1. The van der Waals surface area contributed by atoms with Crippen LogP contribution in [0.15, 0.2) is 53.4 Å². The minimum atomic E-state index is -3.78. The third-order valence-electron chi connectivity index (χ3n) is 3.49. The fraction of sp³-hybridized carbons (Fsp3) is 0.0625. The molecule has 8 heteroatoms. The molecule has 24 heavy (non-hydrogen) atoms. The SMILES string of the molecule is NS(=O)(=O)c1ccc(-c2nc(CO)[nH]c2-c2ccc(F)cc2)cc1. The molecule has 1 heterocycles. The van der Waals surface area contributed by atoms with Gasteiger partial charge in [-0.2, -0.15) is 0 Å². The quantitative estimate of drug-likeness (QED) is 0.671. The number of rotatable bonds is 4. The monoisotopic (exact) mass is 347 g/mol. The molecule has 3 rings (SSSR count). The van der Waals surface area contributed by atoms with Crippen molar-refractivity contribution in [2.75, 3.05) is 0 Å². The number of nitrogens with one attached hydrogen (secondary N) is 1. The van der Waals surface area contributed by atoms with Gasteiger partial charge in [-0.1, -0.05) is 12.1 Å². The van der Waals surface area contributed by atoms with Gasteiger partial charge in [0.25, 0.3) is 0 Å². The van der Waals surface area contributed by atoms with Gasteiger partial charge in [0.2, 0.25) is 10.0 Å². The number of aromatic nitrogens is 2. The first-order valence-electron chi connectivity index (χ1n) is 6.97. The molecule has 0 aliphatic rings. The fourth-order valence-electron chi connectivity index (χ4n) is 2.33. The zero-order chi connectivity index (χ0) is 17.3. The maximum absolute atomic E-state index is 13.1. The average molecular weight is 347 g/mol. The van der Waals surface area contributed by atoms with Crippen molar-refractivity contribution in [2.24, 2.45) is 5.14 Å². The number of aromatic amines is 1. The summed E-state index contributed by atoms with van der Waals surface area (Å²) < 4.78 is 35.8. The molecule has 0 aliphatic heterocycles. The van der Waals surface area contributed by atoms with Crippen LogP contribution in [0.4, 0.5) is 4.39 Å². The molecule has 0 unspecified atom stereocenters. The van der Waals surface area contributed by atoms with Crippen LogP contribution in [-0.2, 0) is 16.6 Å². The number of imidazole rings is 1. The lowest BCUT2D eigenvalue weighted by atomic mass is 10.1. The Kier molecular flexibility index (Phi) is 4.18. The molecule has 1 aromatic heterocycles. The summed E-state index contributed by atoms with van der Waals surface area (Å²) in [4.78, 5) is 7.29. The topological polar surface area (TPSA) is 109 Å². The molecule has 0 bridgehead atoms. The van der Waals surface area contributed by atoms with Crippen molar-refractivity contribution in [3.8, 4) is 22.5 Å². The number of primary sulfonamides is 1. The largest absolute Gasteiger partial charge is 0.388 e. The van der Waals surface area contributed by atoms with Crippen LogP contribution in [0.2, 0.25) is 0 Å². The first kappa shape index (κ1) is 16.3. The molecule has 0 radical (unpaired) electrons. The van der Waals surface area contributed by atoms with Crippen molar-refractivity contribution >= 4 is 10.0 Å². The molecule has 2 aromatic carbocycles. The Balaban J connectivity index is 2.10. The van der Waals surface area contributed by atoms with E-state index in [-0.39, 0.29) is 17.3 Å². The van der Waals surface area contributed by atoms with Crippen LogP contribution in [0, 0.1) is 5.82 Å². The summed E-state index contributed by atoms with van der Waals surface area (Å²) in [5, 5.41) is 14.4. The van der Waals surface area contributed by atoms with Crippen LogP contribution in [-0.4, -0.2) is 23.5 Å². The highest BCUT2D eigenvalue weighted by atomic mass is 32.2. The van der Waals surface area contributed by atoms with Gasteiger partial charge in [0.15, 0.2) is 0 Å². The highest BCUT2D eigenvalue weighted by Crippen LogP contribution is 2.30. The molecule has 124 valence electrons. The number of aliphatic hydroxyl groups is 1. The van der Waals surface area contributed by atoms with E-state index >= 15 is 0 Å². The predicted molar refractivity (Wildman–Crippen MR) is 86.7 cm³/mol. The van der Waals surface area contributed by atoms with Gasteiger partial charge < -0.3 is 10.1 Å². The summed E-state index contributed by atoms with van der Waals surface area (Å²) in [6.45, 7) is -0.288. The summed E-state index contributed by atoms with van der Waals surface area (Å²) in [6, 6.07) is 11.7. The van der Waals surface area contributed by atoms with E-state index in [1.54, 1.807) is 24.3 Å². The smallest absolute Gasteiger partial charge is 0.238 e. The Morgan fingerprint density at radius 2 is 1.62 bits per heavy atom. The Morgan fingerprint density at radius 1 is 1.04 bits per heavy atom. The van der Waals surface area contributed by atoms with Gasteiger partial charge in [-0.15, -0.1) is 0 Å². The van der Waals surface area contributed by atoms with Crippen LogP contribution < -0.4 is 5.14 Å². The lowest BCUT2D eigenvalue weighted by Gasteiger charge is -2.04. The second kappa shape index (κ2) is 6.16. The first-order chi connectivity index (χ1) is 11.4. The summed E-state index contributed by atoms with van der Waals surface area (Å²) in [5.41, 5.74) is 2.45. The molecule has 0 saturated carbocycles. The van der Waals surface area contributed by atoms with E-state index in [4.69, 9.17) is 5.14 Å². The van der Waals surface area contributed by atoms with Crippen molar-refractivity contribution in [2.45, 2.75) is 11.5 Å². The highest BCUT2D eigenvalue weighted by molar-refractivity contribution is 7.89. The number of nitrogens with zero attached hydrogens (tertiary/aromatic N) is 1. The summed E-state index contributed by atoms with van der Waals surface area (Å²) in [7, 11) is -3.78. The summed E-state index contributed by atoms with van der Waals surface area (Å²) in [5.74, 6) is -0.0143. The molecule has 0 saturated heterocycles. The van der Waals surface area contributed by atoms with E-state index in [0.717, 1.165) is 0 Å². The Hall–Kier alpha value is -2.55. The van der Waals surface area contributed by atoms with Crippen LogP contribution in [0.1, 0.15) is 5.82 Å². The highest BCUT2D eigenvalue weighted by Gasteiger charge is 2.15. The summed E-state index contributed by atoms with van der Waals surface area (Å²) in [6.07, 6.45) is 0. The van der Waals surface area contributed by atoms with E-state index in [9.17, 15) is 17.9 Å². The molecular weight excluding hydrogens is 333 g/mol. The second-order valence-corrected chi connectivity index (χ2v) is 6.70. The van der Waals surface area contributed by atoms with Crippen molar-refractivity contribution < 1.29 is 17.9 Å². The summed E-state index contributed by atoms with van der Waals surface area (Å²) >= 11 is 0. The number of H-pyrrole nitrogens is 1. The Labute approximate surface area is 137 Å². The molecule has 0 amide bonds. The number of benzene rings is 2. The minimum Gasteiger partial charge on any atom is -0.388 e. The molecule has 0 spiro atoms. The first-order valence-corrected chi connectivity index (χ1v) is 8.52. The van der Waals surface area contributed by atoms with Crippen LogP contribution in [0.25, 0.3) is 22.5 Å². The molecule has 3 aromatic rings. The van der Waals surface area contributed by atoms with Gasteiger partial charge in [0.05, 0.1) is 16.3 Å². The van der Waals surface area contributed by atoms with Crippen LogP contribution in [0.3, 0.4) is 0 Å². The third-order valence-corrected chi connectivity index (χ3v) is 4.42. The lowest BCUT2D eigenvalue weighted by Crippen LogP contribution is -2.11. The van der Waals surface area contributed by atoms with Crippen molar-refractivity contribution in [1.82, 2.24) is 9.97 Å². The van der Waals surface area contributed by atoms with Gasteiger partial charge in [-0.3, -0.25) is 0 Å². The average Bonchev–Trinajstić information content (AvgIpc) is 2.99. The number of hydrogen-bond acceptors (Lipinski definition) is 4. The van der Waals surface area contributed by atoms with Crippen LogP contribution >= 0.6 is 0 Å². The van der Waals surface area contributed by atoms with E-state index in [0.29, 0.717) is 28.3 Å². The van der Waals surface area contributed by atoms with Crippen molar-refractivity contribution in [3.05, 3.63) is 60.2 Å². The van der Waals surface area contributed by atoms with Gasteiger partial charge in [-0.05, 0) is 36.4 Å². The van der Waals surface area contributed by atoms with E-state index in [1.807, 2.05) is 0 Å². The standard InChI is InChI=1S/C16H14FN3O3S/c17-12-5-1-10(2-6-12)15-16(20-14(9-21)19-15)11-3-7-13(8-4-11)24(18,22)23/h1-8,21H,9H2,(H,19,20)(H2,18,22,23). The molecule has 0 fully saturated rings.